The van der Waals surface area contributed by atoms with Crippen molar-refractivity contribution in [1.82, 2.24) is 15.1 Å². The van der Waals surface area contributed by atoms with Gasteiger partial charge in [-0.25, -0.2) is 4.79 Å². The van der Waals surface area contributed by atoms with Crippen LogP contribution in [-0.4, -0.2) is 87.5 Å². The highest BCUT2D eigenvalue weighted by atomic mass is 16.6. The predicted molar refractivity (Wildman–Crippen MR) is 149 cm³/mol. The fourth-order valence-corrected chi connectivity index (χ4v) is 5.83. The first-order valence-electron chi connectivity index (χ1n) is 14.2. The molecule has 1 amide bonds. The van der Waals surface area contributed by atoms with E-state index in [1.165, 1.54) is 32.8 Å². The molecule has 3 rings (SSSR count). The van der Waals surface area contributed by atoms with Gasteiger partial charge in [-0.05, 0) is 110 Å². The molecule has 38 heavy (non-hydrogen) atoms. The van der Waals surface area contributed by atoms with Crippen molar-refractivity contribution in [3.05, 3.63) is 29.3 Å². The molecule has 0 radical (unpaired) electrons. The first kappa shape index (κ1) is 30.1. The van der Waals surface area contributed by atoms with Crippen molar-refractivity contribution in [2.24, 2.45) is 5.92 Å². The van der Waals surface area contributed by atoms with E-state index in [0.29, 0.717) is 41.3 Å². The molecule has 0 unspecified atom stereocenters. The maximum atomic E-state index is 13.2. The third-order valence-corrected chi connectivity index (χ3v) is 8.40. The van der Waals surface area contributed by atoms with Gasteiger partial charge in [0.1, 0.15) is 5.75 Å². The minimum Gasteiger partial charge on any atom is -0.482 e. The highest BCUT2D eigenvalue weighted by Gasteiger charge is 2.25. The first-order valence-corrected chi connectivity index (χ1v) is 14.2. The van der Waals surface area contributed by atoms with Crippen LogP contribution in [0, 0.1) is 5.92 Å². The molecule has 2 aliphatic rings. The van der Waals surface area contributed by atoms with Crippen molar-refractivity contribution < 1.29 is 23.9 Å². The van der Waals surface area contributed by atoms with E-state index in [9.17, 15) is 14.4 Å². The second kappa shape index (κ2) is 14.6. The molecule has 8 heteroatoms. The third-order valence-electron chi connectivity index (χ3n) is 8.40. The molecule has 0 aromatic heterocycles. The lowest BCUT2D eigenvalue weighted by atomic mass is 9.82. The average Bonchev–Trinajstić information content (AvgIpc) is 2.92. The van der Waals surface area contributed by atoms with E-state index in [1.807, 2.05) is 0 Å². The second-order valence-corrected chi connectivity index (χ2v) is 11.5. The molecule has 212 valence electrons. The Morgan fingerprint density at radius 2 is 1.42 bits per heavy atom. The zero-order chi connectivity index (χ0) is 27.7. The molecule has 0 spiro atoms. The SMILES string of the molecule is COC(=O)COc1cc(C(=O)CCCC2CCC(N(C)C)CC2)cc(C(=O)NC2CCC(N(C)C)CC2)c1. The summed E-state index contributed by atoms with van der Waals surface area (Å²) in [6.07, 6.45) is 11.1. The highest BCUT2D eigenvalue weighted by Crippen LogP contribution is 2.30. The minimum atomic E-state index is -0.519. The van der Waals surface area contributed by atoms with Gasteiger partial charge in [0.2, 0.25) is 0 Å². The van der Waals surface area contributed by atoms with Crippen molar-refractivity contribution >= 4 is 17.7 Å². The normalized spacial score (nSPS) is 23.8. The Bertz CT molecular complexity index is 932. The molecule has 2 saturated carbocycles. The van der Waals surface area contributed by atoms with Crippen LogP contribution in [0.3, 0.4) is 0 Å². The van der Waals surface area contributed by atoms with E-state index >= 15 is 0 Å². The smallest absolute Gasteiger partial charge is 0.343 e. The first-order chi connectivity index (χ1) is 18.2. The number of benzene rings is 1. The molecular formula is C30H47N3O5. The van der Waals surface area contributed by atoms with Gasteiger partial charge in [-0.2, -0.15) is 0 Å². The summed E-state index contributed by atoms with van der Waals surface area (Å²) in [5, 5.41) is 3.14. The van der Waals surface area contributed by atoms with Crippen molar-refractivity contribution in [3.63, 3.8) is 0 Å². The van der Waals surface area contributed by atoms with Gasteiger partial charge in [0.15, 0.2) is 12.4 Å². The summed E-state index contributed by atoms with van der Waals surface area (Å²) in [4.78, 5) is 42.5. The number of carbonyl (C=O) groups is 3. The van der Waals surface area contributed by atoms with E-state index in [1.54, 1.807) is 18.2 Å². The van der Waals surface area contributed by atoms with Crippen LogP contribution in [0.4, 0.5) is 0 Å². The van der Waals surface area contributed by atoms with Gasteiger partial charge in [0.25, 0.3) is 5.91 Å². The minimum absolute atomic E-state index is 0.00367. The number of ether oxygens (including phenoxy) is 2. The standard InChI is InChI=1S/C30H47N3O5/c1-32(2)25-13-9-21(10-14-25)7-6-8-28(34)22-17-23(19-27(18-22)38-20-29(35)37-5)30(36)31-24-11-15-26(16-12-24)33(3)4/h17-19,21,24-26H,6-16,20H2,1-5H3,(H,31,36). The Labute approximate surface area is 228 Å². The fourth-order valence-electron chi connectivity index (χ4n) is 5.83. The predicted octanol–water partition coefficient (Wildman–Crippen LogP) is 4.31. The molecule has 0 atom stereocenters. The van der Waals surface area contributed by atoms with Gasteiger partial charge >= 0.3 is 5.97 Å². The largest absolute Gasteiger partial charge is 0.482 e. The lowest BCUT2D eigenvalue weighted by Crippen LogP contribution is -2.41. The third kappa shape index (κ3) is 9.09. The van der Waals surface area contributed by atoms with Crippen LogP contribution in [0.15, 0.2) is 18.2 Å². The van der Waals surface area contributed by atoms with Gasteiger partial charge in [0.05, 0.1) is 7.11 Å². The van der Waals surface area contributed by atoms with Gasteiger partial charge in [-0.3, -0.25) is 9.59 Å². The molecule has 0 bridgehead atoms. The van der Waals surface area contributed by atoms with E-state index in [0.717, 1.165) is 38.5 Å². The van der Waals surface area contributed by atoms with Crippen molar-refractivity contribution in [2.75, 3.05) is 41.9 Å². The van der Waals surface area contributed by atoms with Crippen LogP contribution in [0.25, 0.3) is 0 Å². The van der Waals surface area contributed by atoms with Crippen LogP contribution in [0.5, 0.6) is 5.75 Å². The Balaban J connectivity index is 1.60. The van der Waals surface area contributed by atoms with Crippen molar-refractivity contribution in [2.45, 2.75) is 88.8 Å². The summed E-state index contributed by atoms with van der Waals surface area (Å²) >= 11 is 0. The monoisotopic (exact) mass is 529 g/mol. The highest BCUT2D eigenvalue weighted by molar-refractivity contribution is 6.01. The molecule has 1 aromatic carbocycles. The Kier molecular flexibility index (Phi) is 11.6. The number of rotatable bonds is 12. The molecule has 0 heterocycles. The van der Waals surface area contributed by atoms with Crippen LogP contribution >= 0.6 is 0 Å². The van der Waals surface area contributed by atoms with E-state index < -0.39 is 5.97 Å². The van der Waals surface area contributed by atoms with Crippen molar-refractivity contribution in [1.29, 1.82) is 0 Å². The topological polar surface area (TPSA) is 88.2 Å². The molecule has 1 aromatic rings. The van der Waals surface area contributed by atoms with E-state index in [-0.39, 0.29) is 24.3 Å². The maximum absolute atomic E-state index is 13.2. The zero-order valence-corrected chi connectivity index (χ0v) is 24.0. The number of nitrogens with zero attached hydrogens (tertiary/aromatic N) is 2. The Hall–Kier alpha value is -2.45. The average molecular weight is 530 g/mol. The van der Waals surface area contributed by atoms with Gasteiger partial charge < -0.3 is 24.6 Å². The van der Waals surface area contributed by atoms with Gasteiger partial charge in [-0.15, -0.1) is 0 Å². The molecular weight excluding hydrogens is 482 g/mol. The number of Topliss-reactive ketones (excluding diaryl/α,β-unsaturated/α-hetero) is 1. The van der Waals surface area contributed by atoms with Crippen LogP contribution in [-0.2, 0) is 9.53 Å². The summed E-state index contributed by atoms with van der Waals surface area (Å²) in [5.74, 6) is 0.265. The molecule has 0 aliphatic heterocycles. The Morgan fingerprint density at radius 1 is 0.842 bits per heavy atom. The summed E-state index contributed by atoms with van der Waals surface area (Å²) < 4.78 is 10.3. The summed E-state index contributed by atoms with van der Waals surface area (Å²) in [5.41, 5.74) is 0.831. The number of nitrogens with one attached hydrogen (secondary N) is 1. The number of carbonyl (C=O) groups excluding carboxylic acids is 3. The van der Waals surface area contributed by atoms with E-state index in [2.05, 4.69) is 48.0 Å². The number of methoxy groups -OCH3 is 1. The molecule has 2 fully saturated rings. The lowest BCUT2D eigenvalue weighted by Gasteiger charge is -2.33. The number of hydrogen-bond acceptors (Lipinski definition) is 7. The van der Waals surface area contributed by atoms with Crippen LogP contribution < -0.4 is 10.1 Å². The zero-order valence-electron chi connectivity index (χ0n) is 24.0. The molecule has 8 nitrogen and oxygen atoms in total. The summed E-state index contributed by atoms with van der Waals surface area (Å²) in [6, 6.07) is 6.23. The molecule has 0 saturated heterocycles. The quantitative estimate of drug-likeness (QED) is 0.319. The summed E-state index contributed by atoms with van der Waals surface area (Å²) in [7, 11) is 9.78. The maximum Gasteiger partial charge on any atom is 0.343 e. The Morgan fingerprint density at radius 3 is 2.00 bits per heavy atom. The fraction of sp³-hybridized carbons (Fsp3) is 0.700. The lowest BCUT2D eigenvalue weighted by molar-refractivity contribution is -0.142. The second-order valence-electron chi connectivity index (χ2n) is 11.5. The van der Waals surface area contributed by atoms with Crippen molar-refractivity contribution in [3.8, 4) is 5.75 Å². The van der Waals surface area contributed by atoms with Gasteiger partial charge in [0, 0.05) is 35.7 Å². The number of ketones is 1. The van der Waals surface area contributed by atoms with E-state index in [4.69, 9.17) is 4.74 Å². The van der Waals surface area contributed by atoms with Crippen LogP contribution in [0.2, 0.25) is 0 Å². The molecule has 1 N–H and O–H groups in total. The summed E-state index contributed by atoms with van der Waals surface area (Å²) in [6.45, 7) is -0.278. The number of esters is 1. The van der Waals surface area contributed by atoms with Gasteiger partial charge in [-0.1, -0.05) is 6.42 Å². The number of amides is 1. The number of hydrogen-bond donors (Lipinski definition) is 1. The molecule has 2 aliphatic carbocycles. The van der Waals surface area contributed by atoms with Crippen LogP contribution in [0.1, 0.15) is 91.3 Å².